The maximum absolute atomic E-state index is 4.61. The van der Waals surface area contributed by atoms with Crippen molar-refractivity contribution in [1.29, 1.82) is 0 Å². The summed E-state index contributed by atoms with van der Waals surface area (Å²) < 4.78 is 0. The highest BCUT2D eigenvalue weighted by Crippen LogP contribution is 2.33. The van der Waals surface area contributed by atoms with Gasteiger partial charge in [0.15, 0.2) is 0 Å². The van der Waals surface area contributed by atoms with Crippen molar-refractivity contribution in [1.82, 2.24) is 15.0 Å². The summed E-state index contributed by atoms with van der Waals surface area (Å²) >= 11 is 0. The average Bonchev–Trinajstić information content (AvgIpc) is 2.89. The van der Waals surface area contributed by atoms with Gasteiger partial charge in [0.05, 0.1) is 11.7 Å². The molecule has 0 amide bonds. The van der Waals surface area contributed by atoms with Crippen molar-refractivity contribution in [3.05, 3.63) is 48.2 Å². The Morgan fingerprint density at radius 2 is 2.22 bits per heavy atom. The minimum absolute atomic E-state index is 0.335. The van der Waals surface area contributed by atoms with Gasteiger partial charge in [0.2, 0.25) is 0 Å². The Labute approximate surface area is 107 Å². The van der Waals surface area contributed by atoms with Gasteiger partial charge in [0.25, 0.3) is 0 Å². The first-order chi connectivity index (χ1) is 8.84. The van der Waals surface area contributed by atoms with Gasteiger partial charge >= 0.3 is 0 Å². The number of pyridine rings is 1. The van der Waals surface area contributed by atoms with Gasteiger partial charge in [-0.3, -0.25) is 0 Å². The number of aromatic nitrogens is 3. The van der Waals surface area contributed by atoms with E-state index >= 15 is 0 Å². The molecule has 3 heterocycles. The lowest BCUT2D eigenvalue weighted by Gasteiger charge is -2.25. The van der Waals surface area contributed by atoms with Gasteiger partial charge in [-0.15, -0.1) is 0 Å². The molecule has 1 aliphatic rings. The molecule has 3 rings (SSSR count). The summed E-state index contributed by atoms with van der Waals surface area (Å²) in [5, 5.41) is 0. The Hall–Kier alpha value is -1.97. The van der Waals surface area contributed by atoms with Crippen molar-refractivity contribution in [2.45, 2.75) is 25.8 Å². The summed E-state index contributed by atoms with van der Waals surface area (Å²) in [5.41, 5.74) is 2.15. The van der Waals surface area contributed by atoms with E-state index in [9.17, 15) is 0 Å². The number of rotatable bonds is 2. The van der Waals surface area contributed by atoms with Crippen LogP contribution < -0.4 is 4.90 Å². The van der Waals surface area contributed by atoms with Crippen molar-refractivity contribution in [2.75, 3.05) is 11.4 Å². The first-order valence-electron chi connectivity index (χ1n) is 6.31. The van der Waals surface area contributed by atoms with Crippen LogP contribution in [0.25, 0.3) is 0 Å². The molecule has 4 nitrogen and oxygen atoms in total. The van der Waals surface area contributed by atoms with Gasteiger partial charge in [-0.05, 0) is 38.0 Å². The Balaban J connectivity index is 1.92. The monoisotopic (exact) mass is 240 g/mol. The van der Waals surface area contributed by atoms with Crippen LogP contribution in [-0.2, 0) is 0 Å². The second kappa shape index (κ2) is 4.72. The Bertz CT molecular complexity index is 526. The minimum Gasteiger partial charge on any atom is -0.348 e. The molecule has 0 saturated carbocycles. The first-order valence-corrected chi connectivity index (χ1v) is 6.31. The van der Waals surface area contributed by atoms with E-state index in [-0.39, 0.29) is 0 Å². The zero-order valence-electron chi connectivity index (χ0n) is 10.5. The zero-order chi connectivity index (χ0) is 12.4. The quantitative estimate of drug-likeness (QED) is 0.809. The maximum Gasteiger partial charge on any atom is 0.129 e. The molecule has 4 heteroatoms. The van der Waals surface area contributed by atoms with E-state index in [0.717, 1.165) is 30.2 Å². The predicted molar refractivity (Wildman–Crippen MR) is 70.3 cm³/mol. The molecule has 92 valence electrons. The molecular formula is C14H16N4. The predicted octanol–water partition coefficient (Wildman–Crippen LogP) is 2.52. The van der Waals surface area contributed by atoms with Crippen molar-refractivity contribution in [3.8, 4) is 0 Å². The van der Waals surface area contributed by atoms with Crippen molar-refractivity contribution in [2.24, 2.45) is 0 Å². The lowest BCUT2D eigenvalue weighted by Crippen LogP contribution is -2.24. The van der Waals surface area contributed by atoms with E-state index in [1.54, 1.807) is 6.33 Å². The molecule has 1 atom stereocenters. The summed E-state index contributed by atoms with van der Waals surface area (Å²) in [4.78, 5) is 15.3. The summed E-state index contributed by atoms with van der Waals surface area (Å²) in [6, 6.07) is 8.50. The third-order valence-electron chi connectivity index (χ3n) is 3.37. The number of hydrogen-bond acceptors (Lipinski definition) is 4. The standard InChI is InChI=1S/C14H16N4/c1-11-4-2-6-14(17-11)18-9-3-5-13(18)12-7-8-15-10-16-12/h2,4,6-8,10,13H,3,5,9H2,1H3/t13-/m0/s1. The highest BCUT2D eigenvalue weighted by molar-refractivity contribution is 5.43. The Morgan fingerprint density at radius 3 is 3.00 bits per heavy atom. The van der Waals surface area contributed by atoms with Crippen molar-refractivity contribution >= 4 is 5.82 Å². The summed E-state index contributed by atoms with van der Waals surface area (Å²) in [5.74, 6) is 1.05. The molecule has 2 aromatic rings. The summed E-state index contributed by atoms with van der Waals surface area (Å²) in [6.45, 7) is 3.07. The second-order valence-electron chi connectivity index (χ2n) is 4.62. The molecule has 0 radical (unpaired) electrons. The van der Waals surface area contributed by atoms with Crippen LogP contribution in [-0.4, -0.2) is 21.5 Å². The van der Waals surface area contributed by atoms with E-state index < -0.39 is 0 Å². The molecule has 2 aromatic heterocycles. The van der Waals surface area contributed by atoms with Gasteiger partial charge in [-0.1, -0.05) is 6.07 Å². The topological polar surface area (TPSA) is 41.9 Å². The Kier molecular flexibility index (Phi) is 2.92. The average molecular weight is 240 g/mol. The van der Waals surface area contributed by atoms with E-state index in [1.165, 1.54) is 6.42 Å². The van der Waals surface area contributed by atoms with E-state index in [1.807, 2.05) is 25.3 Å². The van der Waals surface area contributed by atoms with Gasteiger partial charge in [-0.25, -0.2) is 15.0 Å². The SMILES string of the molecule is Cc1cccc(N2CCC[C@H]2c2ccncn2)n1. The molecule has 1 aliphatic heterocycles. The van der Waals surface area contributed by atoms with Crippen LogP contribution in [0.3, 0.4) is 0 Å². The molecule has 18 heavy (non-hydrogen) atoms. The summed E-state index contributed by atoms with van der Waals surface area (Å²) in [7, 11) is 0. The molecule has 1 fully saturated rings. The van der Waals surface area contributed by atoms with E-state index in [4.69, 9.17) is 0 Å². The molecule has 0 aliphatic carbocycles. The van der Waals surface area contributed by atoms with Gasteiger partial charge in [-0.2, -0.15) is 0 Å². The molecule has 0 unspecified atom stereocenters. The molecule has 0 bridgehead atoms. The highest BCUT2D eigenvalue weighted by atomic mass is 15.2. The molecule has 1 saturated heterocycles. The second-order valence-corrected chi connectivity index (χ2v) is 4.62. The van der Waals surface area contributed by atoms with Gasteiger partial charge < -0.3 is 4.90 Å². The fourth-order valence-corrected chi connectivity index (χ4v) is 2.54. The Morgan fingerprint density at radius 1 is 1.28 bits per heavy atom. The van der Waals surface area contributed by atoms with Crippen molar-refractivity contribution in [3.63, 3.8) is 0 Å². The smallest absolute Gasteiger partial charge is 0.129 e. The number of aryl methyl sites for hydroxylation is 1. The highest BCUT2D eigenvalue weighted by Gasteiger charge is 2.27. The lowest BCUT2D eigenvalue weighted by atomic mass is 10.1. The number of hydrogen-bond donors (Lipinski definition) is 0. The van der Waals surface area contributed by atoms with Gasteiger partial charge in [0.1, 0.15) is 12.1 Å². The van der Waals surface area contributed by atoms with Crippen LogP contribution in [0.2, 0.25) is 0 Å². The fourth-order valence-electron chi connectivity index (χ4n) is 2.54. The normalized spacial score (nSPS) is 19.2. The molecule has 0 N–H and O–H groups in total. The summed E-state index contributed by atoms with van der Waals surface area (Å²) in [6.07, 6.45) is 5.74. The van der Waals surface area contributed by atoms with E-state index in [2.05, 4.69) is 32.0 Å². The van der Waals surface area contributed by atoms with Crippen LogP contribution in [0.1, 0.15) is 30.3 Å². The lowest BCUT2D eigenvalue weighted by molar-refractivity contribution is 0.684. The van der Waals surface area contributed by atoms with Crippen LogP contribution in [0.5, 0.6) is 0 Å². The van der Waals surface area contributed by atoms with Gasteiger partial charge in [0, 0.05) is 18.4 Å². The molecular weight excluding hydrogens is 224 g/mol. The van der Waals surface area contributed by atoms with Crippen LogP contribution in [0, 0.1) is 6.92 Å². The number of anilines is 1. The largest absolute Gasteiger partial charge is 0.348 e. The van der Waals surface area contributed by atoms with Crippen LogP contribution in [0.15, 0.2) is 36.8 Å². The third-order valence-corrected chi connectivity index (χ3v) is 3.37. The number of nitrogens with zero attached hydrogens (tertiary/aromatic N) is 4. The van der Waals surface area contributed by atoms with E-state index in [0.29, 0.717) is 6.04 Å². The molecule has 0 spiro atoms. The van der Waals surface area contributed by atoms with Crippen LogP contribution in [0.4, 0.5) is 5.82 Å². The van der Waals surface area contributed by atoms with Crippen LogP contribution >= 0.6 is 0 Å². The fraction of sp³-hybridized carbons (Fsp3) is 0.357. The maximum atomic E-state index is 4.61. The molecule has 0 aromatic carbocycles. The zero-order valence-corrected chi connectivity index (χ0v) is 10.5. The van der Waals surface area contributed by atoms with Crippen molar-refractivity contribution < 1.29 is 0 Å². The minimum atomic E-state index is 0.335. The first kappa shape index (κ1) is 11.1. The third kappa shape index (κ3) is 2.06.